The van der Waals surface area contributed by atoms with Crippen LogP contribution >= 0.6 is 0 Å². The van der Waals surface area contributed by atoms with Gasteiger partial charge in [-0.05, 0) is 35.2 Å². The lowest BCUT2D eigenvalue weighted by Crippen LogP contribution is -2.19. The molecule has 2 unspecified atom stereocenters. The van der Waals surface area contributed by atoms with Gasteiger partial charge in [0.15, 0.2) is 23.0 Å². The zero-order chi connectivity index (χ0) is 27.4. The average Bonchev–Trinajstić information content (AvgIpc) is 3.40. The summed E-state index contributed by atoms with van der Waals surface area (Å²) in [7, 11) is 9.22. The van der Waals surface area contributed by atoms with Gasteiger partial charge in [0.1, 0.15) is 5.75 Å². The van der Waals surface area contributed by atoms with Gasteiger partial charge in [0.2, 0.25) is 6.29 Å². The van der Waals surface area contributed by atoms with E-state index in [-0.39, 0.29) is 18.3 Å². The summed E-state index contributed by atoms with van der Waals surface area (Å²) in [6.07, 6.45) is -0.283. The summed E-state index contributed by atoms with van der Waals surface area (Å²) in [5.74, 6) is 1.03. The smallest absolute Gasteiger partial charge is 0.336 e. The number of aromatic carboxylic acids is 1. The molecular formula is C28H32O10. The predicted molar refractivity (Wildman–Crippen MR) is 139 cm³/mol. The lowest BCUT2D eigenvalue weighted by molar-refractivity contribution is -0.0408. The Hall–Kier alpha value is -3.73. The van der Waals surface area contributed by atoms with E-state index in [4.69, 9.17) is 37.9 Å². The molecule has 1 fully saturated rings. The van der Waals surface area contributed by atoms with Crippen molar-refractivity contribution in [2.45, 2.75) is 25.4 Å². The first-order valence-corrected chi connectivity index (χ1v) is 11.9. The Kier molecular flexibility index (Phi) is 8.45. The van der Waals surface area contributed by atoms with Gasteiger partial charge in [0.05, 0.1) is 53.3 Å². The van der Waals surface area contributed by atoms with Crippen LogP contribution in [0.25, 0.3) is 21.9 Å². The van der Waals surface area contributed by atoms with Crippen molar-refractivity contribution in [1.29, 1.82) is 0 Å². The minimum absolute atomic E-state index is 0.0232. The van der Waals surface area contributed by atoms with Crippen LogP contribution in [0.15, 0.2) is 30.3 Å². The summed E-state index contributed by atoms with van der Waals surface area (Å²) in [6.45, 7) is 0.341. The fourth-order valence-electron chi connectivity index (χ4n) is 4.72. The Balaban J connectivity index is 2.10. The highest BCUT2D eigenvalue weighted by molar-refractivity contribution is 6.12. The second-order valence-corrected chi connectivity index (χ2v) is 8.59. The minimum Gasteiger partial charge on any atom is -0.493 e. The van der Waals surface area contributed by atoms with Crippen molar-refractivity contribution in [3.05, 3.63) is 41.5 Å². The van der Waals surface area contributed by atoms with Gasteiger partial charge in [0, 0.05) is 37.2 Å². The van der Waals surface area contributed by atoms with Crippen LogP contribution in [0.4, 0.5) is 0 Å². The number of hydrogen-bond donors (Lipinski definition) is 1. The van der Waals surface area contributed by atoms with Gasteiger partial charge in [-0.2, -0.15) is 0 Å². The molecule has 0 radical (unpaired) electrons. The molecule has 0 saturated carbocycles. The second kappa shape index (κ2) is 11.8. The van der Waals surface area contributed by atoms with Crippen LogP contribution in [0.2, 0.25) is 0 Å². The zero-order valence-electron chi connectivity index (χ0n) is 22.3. The molecule has 1 N–H and O–H groups in total. The molecule has 4 rings (SSSR count). The molecule has 1 aliphatic heterocycles. The van der Waals surface area contributed by atoms with E-state index in [9.17, 15) is 9.90 Å². The van der Waals surface area contributed by atoms with Gasteiger partial charge in [-0.25, -0.2) is 4.79 Å². The van der Waals surface area contributed by atoms with Crippen LogP contribution in [-0.4, -0.2) is 72.7 Å². The van der Waals surface area contributed by atoms with E-state index in [1.165, 1.54) is 35.5 Å². The van der Waals surface area contributed by atoms with E-state index >= 15 is 0 Å². The molecule has 0 spiro atoms. The zero-order valence-corrected chi connectivity index (χ0v) is 22.3. The van der Waals surface area contributed by atoms with E-state index in [0.717, 1.165) is 0 Å². The first-order valence-electron chi connectivity index (χ1n) is 11.9. The van der Waals surface area contributed by atoms with Crippen LogP contribution < -0.4 is 23.7 Å². The molecule has 204 valence electrons. The molecule has 1 heterocycles. The standard InChI is InChI=1S/C28H32O10/c1-31-14-19-26(28(29)30)25(15-7-8-20(33-3)21(9-15)34-4)17-11-22(35-5)23(36-6)12-18(17)27(19)38-24-10-16(32-2)13-37-24/h7-9,11-12,16,24H,10,13-14H2,1-6H3,(H,29,30). The number of benzene rings is 3. The third-order valence-electron chi connectivity index (χ3n) is 6.54. The molecule has 0 aliphatic carbocycles. The highest BCUT2D eigenvalue weighted by Crippen LogP contribution is 2.47. The van der Waals surface area contributed by atoms with Gasteiger partial charge in [-0.15, -0.1) is 0 Å². The quantitative estimate of drug-likeness (QED) is 0.381. The second-order valence-electron chi connectivity index (χ2n) is 8.59. The van der Waals surface area contributed by atoms with E-state index in [1.54, 1.807) is 37.4 Å². The van der Waals surface area contributed by atoms with E-state index in [0.29, 0.717) is 69.2 Å². The summed E-state index contributed by atoms with van der Waals surface area (Å²) in [5, 5.41) is 11.7. The van der Waals surface area contributed by atoms with Crippen LogP contribution in [0.1, 0.15) is 22.3 Å². The van der Waals surface area contributed by atoms with E-state index < -0.39 is 12.3 Å². The van der Waals surface area contributed by atoms with Gasteiger partial charge in [-0.1, -0.05) is 6.07 Å². The first kappa shape index (κ1) is 27.3. The maximum absolute atomic E-state index is 12.9. The lowest BCUT2D eigenvalue weighted by atomic mass is 9.88. The highest BCUT2D eigenvalue weighted by Gasteiger charge is 2.32. The summed E-state index contributed by atoms with van der Waals surface area (Å²) in [6, 6.07) is 8.74. The maximum atomic E-state index is 12.9. The van der Waals surface area contributed by atoms with Crippen molar-refractivity contribution in [1.82, 2.24) is 0 Å². The normalized spacial score (nSPS) is 16.9. The molecule has 38 heavy (non-hydrogen) atoms. The monoisotopic (exact) mass is 528 g/mol. The Bertz CT molecular complexity index is 1320. The maximum Gasteiger partial charge on any atom is 0.336 e. The van der Waals surface area contributed by atoms with Crippen molar-refractivity contribution in [2.24, 2.45) is 0 Å². The largest absolute Gasteiger partial charge is 0.493 e. The van der Waals surface area contributed by atoms with E-state index in [1.807, 2.05) is 0 Å². The molecule has 0 amide bonds. The van der Waals surface area contributed by atoms with Crippen LogP contribution in [0, 0.1) is 0 Å². The van der Waals surface area contributed by atoms with Crippen LogP contribution in [-0.2, 0) is 20.8 Å². The molecule has 3 aromatic carbocycles. The Labute approximate surface area is 220 Å². The number of carboxylic acids is 1. The number of methoxy groups -OCH3 is 6. The Morgan fingerprint density at radius 2 is 1.53 bits per heavy atom. The highest BCUT2D eigenvalue weighted by atomic mass is 16.7. The van der Waals surface area contributed by atoms with Gasteiger partial charge < -0.3 is 43.0 Å². The molecule has 2 atom stereocenters. The topological polar surface area (TPSA) is 111 Å². The average molecular weight is 529 g/mol. The number of fused-ring (bicyclic) bond motifs is 1. The van der Waals surface area contributed by atoms with Crippen molar-refractivity contribution < 1.29 is 47.8 Å². The number of rotatable bonds is 11. The summed E-state index contributed by atoms with van der Waals surface area (Å²) in [4.78, 5) is 12.9. The lowest BCUT2D eigenvalue weighted by Gasteiger charge is -2.24. The van der Waals surface area contributed by atoms with Crippen molar-refractivity contribution in [3.63, 3.8) is 0 Å². The number of hydrogen-bond acceptors (Lipinski definition) is 9. The number of carbonyl (C=O) groups is 1. The fourth-order valence-corrected chi connectivity index (χ4v) is 4.72. The minimum atomic E-state index is -1.15. The molecular weight excluding hydrogens is 496 g/mol. The Morgan fingerprint density at radius 1 is 0.895 bits per heavy atom. The van der Waals surface area contributed by atoms with Crippen molar-refractivity contribution in [2.75, 3.05) is 49.3 Å². The van der Waals surface area contributed by atoms with E-state index in [2.05, 4.69) is 0 Å². The SMILES string of the molecule is COCc1c(C(=O)O)c(-c2ccc(OC)c(OC)c2)c2cc(OC)c(OC)cc2c1OC1CC(OC)CO1. The summed E-state index contributed by atoms with van der Waals surface area (Å²) < 4.78 is 45.1. The molecule has 1 saturated heterocycles. The van der Waals surface area contributed by atoms with Gasteiger partial charge >= 0.3 is 5.97 Å². The molecule has 10 heteroatoms. The molecule has 1 aliphatic rings. The van der Waals surface area contributed by atoms with Gasteiger partial charge in [0.25, 0.3) is 0 Å². The third-order valence-corrected chi connectivity index (χ3v) is 6.54. The van der Waals surface area contributed by atoms with Gasteiger partial charge in [-0.3, -0.25) is 0 Å². The molecule has 10 nitrogen and oxygen atoms in total. The van der Waals surface area contributed by atoms with Crippen LogP contribution in [0.3, 0.4) is 0 Å². The molecule has 0 bridgehead atoms. The van der Waals surface area contributed by atoms with Crippen molar-refractivity contribution in [3.8, 4) is 39.9 Å². The predicted octanol–water partition coefficient (Wildman–Crippen LogP) is 4.53. The fraction of sp³-hybridized carbons (Fsp3) is 0.393. The molecule has 3 aromatic rings. The summed E-state index contributed by atoms with van der Waals surface area (Å²) in [5.41, 5.74) is 1.41. The molecule has 0 aromatic heterocycles. The summed E-state index contributed by atoms with van der Waals surface area (Å²) >= 11 is 0. The van der Waals surface area contributed by atoms with Crippen molar-refractivity contribution >= 4 is 16.7 Å². The Morgan fingerprint density at radius 3 is 2.08 bits per heavy atom. The number of ether oxygens (including phenoxy) is 8. The van der Waals surface area contributed by atoms with Crippen LogP contribution in [0.5, 0.6) is 28.7 Å². The number of carboxylic acid groups (broad SMARTS) is 1. The first-order chi connectivity index (χ1) is 18.4. The third kappa shape index (κ3) is 5.02.